The number of hydrogen-bond acceptors (Lipinski definition) is 3. The summed E-state index contributed by atoms with van der Waals surface area (Å²) in [4.78, 5) is 12.1. The molecule has 0 aliphatic rings. The largest absolute Gasteiger partial charge is 0.494 e. The minimum Gasteiger partial charge on any atom is -0.494 e. The molecule has 0 unspecified atom stereocenters. The molecule has 2 N–H and O–H groups in total. The smallest absolute Gasteiger partial charge is 0.244 e. The molecule has 0 bridgehead atoms. The fraction of sp³-hybridized carbons (Fsp3) is 0.462. The number of methoxy groups -OCH3 is 1. The number of carbonyl (C=O) groups is 1. The third-order valence-electron chi connectivity index (χ3n) is 2.60. The van der Waals surface area contributed by atoms with Crippen LogP contribution in [0.4, 0.5) is 10.1 Å². The Morgan fingerprint density at radius 1 is 1.44 bits per heavy atom. The normalized spacial score (nSPS) is 11.2. The molecule has 1 aromatic rings. The lowest BCUT2D eigenvalue weighted by Gasteiger charge is -2.24. The van der Waals surface area contributed by atoms with Gasteiger partial charge in [0.2, 0.25) is 5.91 Å². The van der Waals surface area contributed by atoms with E-state index < -0.39 is 11.4 Å². The molecule has 0 aliphatic heterocycles. The molecule has 0 aliphatic carbocycles. The van der Waals surface area contributed by atoms with Gasteiger partial charge in [-0.25, -0.2) is 4.39 Å². The molecule has 1 rings (SSSR count). The number of rotatable bonds is 5. The van der Waals surface area contributed by atoms with Crippen molar-refractivity contribution in [3.63, 3.8) is 0 Å². The highest BCUT2D eigenvalue weighted by molar-refractivity contribution is 5.98. The van der Waals surface area contributed by atoms with Gasteiger partial charge in [-0.15, -0.1) is 0 Å². The van der Waals surface area contributed by atoms with Gasteiger partial charge in [0.25, 0.3) is 0 Å². The molecule has 0 aromatic heterocycles. The molecule has 100 valence electrons. The molecule has 1 amide bonds. The zero-order chi connectivity index (χ0) is 13.8. The molecule has 4 nitrogen and oxygen atoms in total. The van der Waals surface area contributed by atoms with Gasteiger partial charge in [-0.2, -0.15) is 0 Å². The summed E-state index contributed by atoms with van der Waals surface area (Å²) in [6.45, 7) is 6.16. The average molecular weight is 254 g/mol. The second kappa shape index (κ2) is 5.82. The molecule has 0 heterocycles. The lowest BCUT2D eigenvalue weighted by atomic mass is 10.0. The molecule has 18 heavy (non-hydrogen) atoms. The van der Waals surface area contributed by atoms with Crippen LogP contribution in [0.5, 0.6) is 5.75 Å². The van der Waals surface area contributed by atoms with Gasteiger partial charge in [0.1, 0.15) is 11.6 Å². The number of hydrogen-bond donors (Lipinski definition) is 2. The third kappa shape index (κ3) is 3.43. The zero-order valence-electron chi connectivity index (χ0n) is 11.1. The van der Waals surface area contributed by atoms with Crippen molar-refractivity contribution in [1.82, 2.24) is 5.32 Å². The Labute approximate surface area is 107 Å². The van der Waals surface area contributed by atoms with Crippen LogP contribution in [-0.2, 0) is 4.79 Å². The summed E-state index contributed by atoms with van der Waals surface area (Å²) in [7, 11) is 1.43. The number of likely N-dealkylation sites (N-methyl/N-ethyl adjacent to an activating group) is 1. The van der Waals surface area contributed by atoms with E-state index in [1.165, 1.54) is 25.3 Å². The predicted octanol–water partition coefficient (Wildman–Crippen LogP) is 2.16. The van der Waals surface area contributed by atoms with E-state index in [1.54, 1.807) is 13.8 Å². The fourth-order valence-electron chi connectivity index (χ4n) is 1.57. The summed E-state index contributed by atoms with van der Waals surface area (Å²) in [5.41, 5.74) is -0.247. The van der Waals surface area contributed by atoms with Crippen LogP contribution in [-0.4, -0.2) is 25.1 Å². The van der Waals surface area contributed by atoms with Crippen molar-refractivity contribution < 1.29 is 13.9 Å². The van der Waals surface area contributed by atoms with Crippen molar-refractivity contribution in [2.75, 3.05) is 19.0 Å². The topological polar surface area (TPSA) is 50.4 Å². The van der Waals surface area contributed by atoms with Gasteiger partial charge >= 0.3 is 0 Å². The maximum Gasteiger partial charge on any atom is 0.244 e. The van der Waals surface area contributed by atoms with Gasteiger partial charge in [0, 0.05) is 6.07 Å². The van der Waals surface area contributed by atoms with Gasteiger partial charge in [0.15, 0.2) is 0 Å². The van der Waals surface area contributed by atoms with Crippen molar-refractivity contribution >= 4 is 11.6 Å². The molecule has 0 atom stereocenters. The molecule has 0 radical (unpaired) electrons. The molecule has 0 saturated carbocycles. The van der Waals surface area contributed by atoms with Crippen molar-refractivity contribution in [2.45, 2.75) is 26.3 Å². The predicted molar refractivity (Wildman–Crippen MR) is 69.3 cm³/mol. The zero-order valence-corrected chi connectivity index (χ0v) is 11.1. The molecule has 5 heteroatoms. The van der Waals surface area contributed by atoms with Gasteiger partial charge in [-0.3, -0.25) is 4.79 Å². The lowest BCUT2D eigenvalue weighted by molar-refractivity contribution is -0.121. The van der Waals surface area contributed by atoms with Crippen LogP contribution in [0, 0.1) is 5.82 Å². The summed E-state index contributed by atoms with van der Waals surface area (Å²) in [6.07, 6.45) is 0. The van der Waals surface area contributed by atoms with Crippen LogP contribution in [0.25, 0.3) is 0 Å². The van der Waals surface area contributed by atoms with Gasteiger partial charge < -0.3 is 15.4 Å². The Kier molecular flexibility index (Phi) is 4.67. The van der Waals surface area contributed by atoms with Crippen molar-refractivity contribution in [2.24, 2.45) is 0 Å². The summed E-state index contributed by atoms with van der Waals surface area (Å²) >= 11 is 0. The fourth-order valence-corrected chi connectivity index (χ4v) is 1.57. The number of ether oxygens (including phenoxy) is 1. The van der Waals surface area contributed by atoms with Gasteiger partial charge in [0.05, 0.1) is 18.3 Å². The number of halogens is 1. The first-order valence-corrected chi connectivity index (χ1v) is 5.80. The van der Waals surface area contributed by atoms with Gasteiger partial charge in [-0.05, 0) is 32.5 Å². The molecule has 0 fully saturated rings. The third-order valence-corrected chi connectivity index (χ3v) is 2.60. The average Bonchev–Trinajstić information content (AvgIpc) is 2.31. The Bertz CT molecular complexity index is 433. The second-order valence-electron chi connectivity index (χ2n) is 4.45. The maximum absolute atomic E-state index is 13.0. The van der Waals surface area contributed by atoms with Crippen molar-refractivity contribution in [1.29, 1.82) is 0 Å². The van der Waals surface area contributed by atoms with E-state index in [0.717, 1.165) is 0 Å². The summed E-state index contributed by atoms with van der Waals surface area (Å²) in [5, 5.41) is 5.78. The summed E-state index contributed by atoms with van der Waals surface area (Å²) < 4.78 is 18.0. The molecule has 0 spiro atoms. The van der Waals surface area contributed by atoms with Crippen LogP contribution in [0.1, 0.15) is 20.8 Å². The summed E-state index contributed by atoms with van der Waals surface area (Å²) in [6, 6.07) is 3.99. The van der Waals surface area contributed by atoms with Crippen LogP contribution in [0.3, 0.4) is 0 Å². The van der Waals surface area contributed by atoms with E-state index in [9.17, 15) is 9.18 Å². The Balaban J connectivity index is 2.88. The minimum absolute atomic E-state index is 0.200. The first kappa shape index (κ1) is 14.4. The number of nitrogens with one attached hydrogen (secondary N) is 2. The van der Waals surface area contributed by atoms with E-state index in [-0.39, 0.29) is 5.91 Å². The van der Waals surface area contributed by atoms with Crippen LogP contribution in [0.15, 0.2) is 18.2 Å². The molecular formula is C13H19FN2O2. The van der Waals surface area contributed by atoms with Crippen LogP contribution < -0.4 is 15.4 Å². The standard InChI is InChI=1S/C13H19FN2O2/c1-5-15-13(2,3)12(17)16-10-7-6-9(14)8-11(10)18-4/h6-8,15H,5H2,1-4H3,(H,16,17). The Morgan fingerprint density at radius 3 is 2.67 bits per heavy atom. The summed E-state index contributed by atoms with van der Waals surface area (Å²) in [5.74, 6) is -0.305. The number of amides is 1. The highest BCUT2D eigenvalue weighted by atomic mass is 19.1. The highest BCUT2D eigenvalue weighted by Crippen LogP contribution is 2.25. The lowest BCUT2D eigenvalue weighted by Crippen LogP contribution is -2.49. The second-order valence-corrected chi connectivity index (χ2v) is 4.45. The Hall–Kier alpha value is -1.62. The minimum atomic E-state index is -0.700. The number of carbonyl (C=O) groups excluding carboxylic acids is 1. The van der Waals surface area contributed by atoms with E-state index >= 15 is 0 Å². The molecule has 1 aromatic carbocycles. The Morgan fingerprint density at radius 2 is 2.11 bits per heavy atom. The van der Waals surface area contributed by atoms with E-state index in [1.807, 2.05) is 6.92 Å². The first-order chi connectivity index (χ1) is 8.40. The van der Waals surface area contributed by atoms with Crippen LogP contribution >= 0.6 is 0 Å². The van der Waals surface area contributed by atoms with E-state index in [2.05, 4.69) is 10.6 Å². The highest BCUT2D eigenvalue weighted by Gasteiger charge is 2.26. The molecular weight excluding hydrogens is 235 g/mol. The van der Waals surface area contributed by atoms with E-state index in [0.29, 0.717) is 18.0 Å². The number of benzene rings is 1. The number of anilines is 1. The van der Waals surface area contributed by atoms with Crippen LogP contribution in [0.2, 0.25) is 0 Å². The van der Waals surface area contributed by atoms with Crippen molar-refractivity contribution in [3.05, 3.63) is 24.0 Å². The maximum atomic E-state index is 13.0. The first-order valence-electron chi connectivity index (χ1n) is 5.80. The van der Waals surface area contributed by atoms with E-state index in [4.69, 9.17) is 4.74 Å². The van der Waals surface area contributed by atoms with Crippen molar-refractivity contribution in [3.8, 4) is 5.75 Å². The SMILES string of the molecule is CCNC(C)(C)C(=O)Nc1ccc(F)cc1OC. The molecule has 0 saturated heterocycles. The quantitative estimate of drug-likeness (QED) is 0.846. The van der Waals surface area contributed by atoms with Gasteiger partial charge in [-0.1, -0.05) is 6.92 Å². The monoisotopic (exact) mass is 254 g/mol.